The van der Waals surface area contributed by atoms with E-state index in [1.54, 1.807) is 0 Å². The van der Waals surface area contributed by atoms with E-state index in [2.05, 4.69) is 51.8 Å². The van der Waals surface area contributed by atoms with Crippen molar-refractivity contribution >= 4 is 0 Å². The van der Waals surface area contributed by atoms with Crippen LogP contribution in [-0.2, 0) is 6.54 Å². The van der Waals surface area contributed by atoms with Crippen LogP contribution in [0.2, 0.25) is 0 Å². The second-order valence-corrected chi connectivity index (χ2v) is 6.45. The maximum atomic E-state index is 5.44. The summed E-state index contributed by atoms with van der Waals surface area (Å²) in [5.41, 5.74) is 1.13. The molecule has 0 radical (unpaired) electrons. The first-order chi connectivity index (χ1) is 11.1. The van der Waals surface area contributed by atoms with E-state index in [-0.39, 0.29) is 6.04 Å². The zero-order valence-corrected chi connectivity index (χ0v) is 14.1. The Morgan fingerprint density at radius 2 is 1.91 bits per heavy atom. The Labute approximate surface area is 137 Å². The summed E-state index contributed by atoms with van der Waals surface area (Å²) >= 11 is 0. The molecule has 0 saturated carbocycles. The molecule has 2 aromatic rings. The molecule has 1 aliphatic heterocycles. The van der Waals surface area contributed by atoms with Crippen LogP contribution in [0.4, 0.5) is 0 Å². The first-order valence-electron chi connectivity index (χ1n) is 8.33. The third kappa shape index (κ3) is 3.95. The lowest BCUT2D eigenvalue weighted by atomic mass is 10.2. The van der Waals surface area contributed by atoms with E-state index in [0.29, 0.717) is 5.92 Å². The van der Waals surface area contributed by atoms with Crippen molar-refractivity contribution in [2.75, 3.05) is 26.2 Å². The smallest absolute Gasteiger partial charge is 0.243 e. The standard InChI is InChI=1S/C17H25N5O/c1-13(2)16-19-17(23-20-16)14(3)22-10-8-21(9-11-22)12-15-6-4-5-7-18-15/h4-7,13-14H,8-12H2,1-3H3/t14-/m1/s1. The molecule has 3 rings (SSSR count). The number of pyridine rings is 1. The molecule has 0 bridgehead atoms. The fraction of sp³-hybridized carbons (Fsp3) is 0.588. The summed E-state index contributed by atoms with van der Waals surface area (Å²) in [4.78, 5) is 13.8. The molecule has 0 aliphatic carbocycles. The molecule has 0 amide bonds. The minimum absolute atomic E-state index is 0.173. The predicted octanol–water partition coefficient (Wildman–Crippen LogP) is 2.47. The van der Waals surface area contributed by atoms with Crippen molar-refractivity contribution in [2.45, 2.75) is 39.3 Å². The molecule has 6 heteroatoms. The van der Waals surface area contributed by atoms with Crippen molar-refractivity contribution in [3.8, 4) is 0 Å². The van der Waals surface area contributed by atoms with Crippen LogP contribution in [0.3, 0.4) is 0 Å². The monoisotopic (exact) mass is 315 g/mol. The van der Waals surface area contributed by atoms with Crippen LogP contribution in [0.1, 0.15) is 50.1 Å². The zero-order valence-electron chi connectivity index (χ0n) is 14.1. The lowest BCUT2D eigenvalue weighted by Crippen LogP contribution is -2.46. The van der Waals surface area contributed by atoms with Crippen LogP contribution >= 0.6 is 0 Å². The fourth-order valence-electron chi connectivity index (χ4n) is 2.84. The molecular formula is C17H25N5O. The first kappa shape index (κ1) is 16.1. The van der Waals surface area contributed by atoms with E-state index in [9.17, 15) is 0 Å². The summed E-state index contributed by atoms with van der Waals surface area (Å²) < 4.78 is 5.44. The molecule has 0 N–H and O–H groups in total. The highest BCUT2D eigenvalue weighted by Crippen LogP contribution is 2.22. The molecule has 23 heavy (non-hydrogen) atoms. The van der Waals surface area contributed by atoms with Crippen molar-refractivity contribution in [1.29, 1.82) is 0 Å². The van der Waals surface area contributed by atoms with Crippen LogP contribution in [0.25, 0.3) is 0 Å². The zero-order chi connectivity index (χ0) is 16.2. The van der Waals surface area contributed by atoms with Crippen molar-refractivity contribution in [2.24, 2.45) is 0 Å². The average Bonchev–Trinajstić information content (AvgIpc) is 3.06. The third-order valence-corrected chi connectivity index (χ3v) is 4.40. The number of piperazine rings is 1. The van der Waals surface area contributed by atoms with E-state index in [0.717, 1.165) is 50.1 Å². The van der Waals surface area contributed by atoms with Gasteiger partial charge in [-0.05, 0) is 19.1 Å². The van der Waals surface area contributed by atoms with E-state index >= 15 is 0 Å². The second-order valence-electron chi connectivity index (χ2n) is 6.45. The molecule has 1 fully saturated rings. The SMILES string of the molecule is CC(C)c1noc([C@@H](C)N2CCN(Cc3ccccn3)CC2)n1. The van der Waals surface area contributed by atoms with E-state index < -0.39 is 0 Å². The maximum Gasteiger partial charge on any atom is 0.243 e. The van der Waals surface area contributed by atoms with Gasteiger partial charge < -0.3 is 4.52 Å². The number of hydrogen-bond donors (Lipinski definition) is 0. The molecule has 1 saturated heterocycles. The molecule has 6 nitrogen and oxygen atoms in total. The lowest BCUT2D eigenvalue weighted by molar-refractivity contribution is 0.0839. The average molecular weight is 315 g/mol. The summed E-state index contributed by atoms with van der Waals surface area (Å²) in [6, 6.07) is 6.26. The Hall–Kier alpha value is -1.79. The third-order valence-electron chi connectivity index (χ3n) is 4.40. The van der Waals surface area contributed by atoms with Crippen molar-refractivity contribution in [3.63, 3.8) is 0 Å². The Morgan fingerprint density at radius 3 is 2.52 bits per heavy atom. The number of rotatable bonds is 5. The van der Waals surface area contributed by atoms with Gasteiger partial charge in [0.2, 0.25) is 5.89 Å². The molecule has 1 atom stereocenters. The molecule has 0 aromatic carbocycles. The van der Waals surface area contributed by atoms with Crippen LogP contribution in [0.5, 0.6) is 0 Å². The van der Waals surface area contributed by atoms with Gasteiger partial charge in [-0.2, -0.15) is 4.98 Å². The predicted molar refractivity (Wildman–Crippen MR) is 87.9 cm³/mol. The Kier molecular flexibility index (Phi) is 5.03. The molecule has 124 valence electrons. The van der Waals surface area contributed by atoms with Gasteiger partial charge >= 0.3 is 0 Å². The Morgan fingerprint density at radius 1 is 1.13 bits per heavy atom. The van der Waals surface area contributed by atoms with E-state index in [1.165, 1.54) is 0 Å². The lowest BCUT2D eigenvalue weighted by Gasteiger charge is -2.36. The fourth-order valence-corrected chi connectivity index (χ4v) is 2.84. The van der Waals surface area contributed by atoms with E-state index in [1.807, 2.05) is 18.3 Å². The number of nitrogens with zero attached hydrogens (tertiary/aromatic N) is 5. The summed E-state index contributed by atoms with van der Waals surface area (Å²) in [5, 5.41) is 4.07. The summed E-state index contributed by atoms with van der Waals surface area (Å²) in [6.07, 6.45) is 1.86. The van der Waals surface area contributed by atoms with Gasteiger partial charge in [0.05, 0.1) is 11.7 Å². The van der Waals surface area contributed by atoms with E-state index in [4.69, 9.17) is 4.52 Å². The molecule has 3 heterocycles. The molecule has 0 spiro atoms. The van der Waals surface area contributed by atoms with Crippen molar-refractivity contribution in [3.05, 3.63) is 41.8 Å². The molecule has 1 aliphatic rings. The summed E-state index contributed by atoms with van der Waals surface area (Å²) in [5.74, 6) is 1.82. The van der Waals surface area contributed by atoms with Gasteiger partial charge in [-0.15, -0.1) is 0 Å². The van der Waals surface area contributed by atoms with Crippen molar-refractivity contribution < 1.29 is 4.52 Å². The van der Waals surface area contributed by atoms with Gasteiger partial charge in [-0.3, -0.25) is 14.8 Å². The van der Waals surface area contributed by atoms with Crippen LogP contribution in [0, 0.1) is 0 Å². The second kappa shape index (κ2) is 7.19. The molecule has 2 aromatic heterocycles. The Balaban J connectivity index is 1.53. The normalized spacial score (nSPS) is 18.4. The highest BCUT2D eigenvalue weighted by molar-refractivity contribution is 5.03. The van der Waals surface area contributed by atoms with Crippen LogP contribution in [0.15, 0.2) is 28.9 Å². The largest absolute Gasteiger partial charge is 0.338 e. The quantitative estimate of drug-likeness (QED) is 0.845. The molecular weight excluding hydrogens is 290 g/mol. The topological polar surface area (TPSA) is 58.3 Å². The van der Waals surface area contributed by atoms with Crippen LogP contribution < -0.4 is 0 Å². The molecule has 0 unspecified atom stereocenters. The van der Waals surface area contributed by atoms with Gasteiger partial charge in [0.15, 0.2) is 5.82 Å². The summed E-state index contributed by atoms with van der Waals surface area (Å²) in [6.45, 7) is 11.3. The van der Waals surface area contributed by atoms with Gasteiger partial charge in [0.25, 0.3) is 0 Å². The van der Waals surface area contributed by atoms with Crippen LogP contribution in [-0.4, -0.2) is 51.1 Å². The van der Waals surface area contributed by atoms with Gasteiger partial charge in [0.1, 0.15) is 0 Å². The highest BCUT2D eigenvalue weighted by Gasteiger charge is 2.26. The number of aromatic nitrogens is 3. The summed E-state index contributed by atoms with van der Waals surface area (Å²) in [7, 11) is 0. The minimum Gasteiger partial charge on any atom is -0.338 e. The van der Waals surface area contributed by atoms with Gasteiger partial charge in [-0.1, -0.05) is 25.1 Å². The first-order valence-corrected chi connectivity index (χ1v) is 8.33. The maximum absolute atomic E-state index is 5.44. The van der Waals surface area contributed by atoms with Gasteiger partial charge in [-0.25, -0.2) is 0 Å². The highest BCUT2D eigenvalue weighted by atomic mass is 16.5. The Bertz CT molecular complexity index is 604. The van der Waals surface area contributed by atoms with Crippen molar-refractivity contribution in [1.82, 2.24) is 24.9 Å². The minimum atomic E-state index is 0.173. The van der Waals surface area contributed by atoms with Gasteiger partial charge in [0, 0.05) is 44.8 Å². The number of hydrogen-bond acceptors (Lipinski definition) is 6.